The number of aromatic nitrogens is 1. The predicted octanol–water partition coefficient (Wildman–Crippen LogP) is 3.09. The van der Waals surface area contributed by atoms with Crippen LogP contribution < -0.4 is 4.87 Å². The molecule has 0 saturated heterocycles. The lowest BCUT2D eigenvalue weighted by Gasteiger charge is -2.08. The highest BCUT2D eigenvalue weighted by molar-refractivity contribution is 7.11. The molecule has 0 atom stereocenters. The lowest BCUT2D eigenvalue weighted by Crippen LogP contribution is -2.15. The second-order valence-electron chi connectivity index (χ2n) is 5.07. The van der Waals surface area contributed by atoms with Gasteiger partial charge in [-0.2, -0.15) is 0 Å². The van der Waals surface area contributed by atoms with Gasteiger partial charge in [-0.15, -0.1) is 0 Å². The topological polar surface area (TPSA) is 59.3 Å². The first-order valence-corrected chi connectivity index (χ1v) is 7.24. The summed E-state index contributed by atoms with van der Waals surface area (Å²) in [4.78, 5) is 22.8. The number of carbonyl (C=O) groups is 1. The summed E-state index contributed by atoms with van der Waals surface area (Å²) in [7, 11) is 0. The van der Waals surface area contributed by atoms with Gasteiger partial charge in [-0.3, -0.25) is 9.36 Å². The van der Waals surface area contributed by atoms with Crippen LogP contribution in [-0.4, -0.2) is 15.6 Å². The van der Waals surface area contributed by atoms with E-state index in [1.54, 1.807) is 6.92 Å². The van der Waals surface area contributed by atoms with Gasteiger partial charge >= 0.3 is 10.8 Å². The van der Waals surface area contributed by atoms with Gasteiger partial charge in [0.1, 0.15) is 4.88 Å². The molecule has 1 aromatic carbocycles. The summed E-state index contributed by atoms with van der Waals surface area (Å²) >= 11 is 0.784. The third kappa shape index (κ3) is 2.82. The summed E-state index contributed by atoms with van der Waals surface area (Å²) in [5.41, 5.74) is 2.75. The smallest absolute Gasteiger partial charge is 0.347 e. The Morgan fingerprint density at radius 1 is 1.30 bits per heavy atom. The fourth-order valence-corrected chi connectivity index (χ4v) is 2.88. The number of hydrogen-bond donors (Lipinski definition) is 1. The number of benzene rings is 1. The molecule has 1 N–H and O–H groups in total. The van der Waals surface area contributed by atoms with Crippen LogP contribution in [0.1, 0.15) is 46.3 Å². The second kappa shape index (κ2) is 5.63. The number of carboxylic acid groups (broad SMARTS) is 1. The first-order chi connectivity index (χ1) is 9.40. The zero-order chi connectivity index (χ0) is 14.9. The number of thiazole rings is 1. The molecule has 0 fully saturated rings. The van der Waals surface area contributed by atoms with E-state index < -0.39 is 5.97 Å². The fourth-order valence-electron chi connectivity index (χ4n) is 2.05. The van der Waals surface area contributed by atoms with Crippen molar-refractivity contribution in [3.8, 4) is 0 Å². The number of hydrogen-bond acceptors (Lipinski definition) is 3. The minimum atomic E-state index is -1.04. The molecule has 0 saturated carbocycles. The van der Waals surface area contributed by atoms with Gasteiger partial charge in [0, 0.05) is 5.69 Å². The molecule has 106 valence electrons. The monoisotopic (exact) mass is 291 g/mol. The summed E-state index contributed by atoms with van der Waals surface area (Å²) in [6, 6.07) is 8.06. The molecule has 2 aromatic rings. The van der Waals surface area contributed by atoms with Gasteiger partial charge in [0.2, 0.25) is 0 Å². The highest BCUT2D eigenvalue weighted by Gasteiger charge is 2.16. The summed E-state index contributed by atoms with van der Waals surface area (Å²) in [5, 5.41) is 9.03. The van der Waals surface area contributed by atoms with E-state index in [2.05, 4.69) is 13.8 Å². The van der Waals surface area contributed by atoms with Crippen molar-refractivity contribution in [1.82, 2.24) is 4.57 Å². The molecule has 5 heteroatoms. The Bertz CT molecular complexity index is 680. The van der Waals surface area contributed by atoms with Gasteiger partial charge in [-0.25, -0.2) is 4.79 Å². The Hall–Kier alpha value is -1.88. The van der Waals surface area contributed by atoms with Crippen molar-refractivity contribution in [2.45, 2.75) is 33.2 Å². The van der Waals surface area contributed by atoms with E-state index in [-0.39, 0.29) is 9.75 Å². The van der Waals surface area contributed by atoms with E-state index in [1.165, 1.54) is 10.1 Å². The number of carboxylic acids is 1. The van der Waals surface area contributed by atoms with E-state index in [1.807, 2.05) is 24.3 Å². The number of nitrogens with zero attached hydrogens (tertiary/aromatic N) is 1. The van der Waals surface area contributed by atoms with Crippen LogP contribution in [0.2, 0.25) is 0 Å². The molecule has 1 aromatic heterocycles. The van der Waals surface area contributed by atoms with Gasteiger partial charge in [-0.05, 0) is 24.0 Å². The van der Waals surface area contributed by atoms with Crippen molar-refractivity contribution >= 4 is 17.3 Å². The van der Waals surface area contributed by atoms with Crippen LogP contribution in [-0.2, 0) is 6.54 Å². The number of rotatable bonds is 4. The Balaban J connectivity index is 2.30. The molecule has 0 amide bonds. The lowest BCUT2D eigenvalue weighted by atomic mass is 10.0. The normalized spacial score (nSPS) is 11.0. The molecular weight excluding hydrogens is 274 g/mol. The molecule has 0 radical (unpaired) electrons. The van der Waals surface area contributed by atoms with E-state index in [0.29, 0.717) is 18.2 Å². The molecule has 4 nitrogen and oxygen atoms in total. The van der Waals surface area contributed by atoms with E-state index in [0.717, 1.165) is 16.9 Å². The minimum absolute atomic E-state index is 0.119. The maximum atomic E-state index is 11.9. The van der Waals surface area contributed by atoms with Crippen molar-refractivity contribution in [2.75, 3.05) is 0 Å². The molecule has 1 heterocycles. The second-order valence-corrected chi connectivity index (χ2v) is 6.03. The largest absolute Gasteiger partial charge is 0.477 e. The van der Waals surface area contributed by atoms with Crippen molar-refractivity contribution in [3.05, 3.63) is 55.6 Å². The molecule has 0 aliphatic heterocycles. The Morgan fingerprint density at radius 3 is 2.35 bits per heavy atom. The molecule has 2 rings (SSSR count). The molecule has 0 aliphatic carbocycles. The van der Waals surface area contributed by atoms with Crippen molar-refractivity contribution in [3.63, 3.8) is 0 Å². The standard InChI is InChI=1S/C15H17NO3S/c1-9(2)12-6-4-11(5-7-12)8-16-10(3)13(14(17)18)20-15(16)19/h4-7,9H,8H2,1-3H3,(H,17,18). The quantitative estimate of drug-likeness (QED) is 0.941. The van der Waals surface area contributed by atoms with Crippen LogP contribution in [0.3, 0.4) is 0 Å². The van der Waals surface area contributed by atoms with Crippen LogP contribution in [0.15, 0.2) is 29.1 Å². The molecule has 0 spiro atoms. The molecule has 0 bridgehead atoms. The summed E-state index contributed by atoms with van der Waals surface area (Å²) in [5.74, 6) is -0.577. The van der Waals surface area contributed by atoms with E-state index in [4.69, 9.17) is 5.11 Å². The third-order valence-electron chi connectivity index (χ3n) is 3.32. The molecular formula is C15H17NO3S. The van der Waals surface area contributed by atoms with Crippen molar-refractivity contribution in [1.29, 1.82) is 0 Å². The maximum absolute atomic E-state index is 11.9. The Kier molecular flexibility index (Phi) is 4.09. The van der Waals surface area contributed by atoms with E-state index >= 15 is 0 Å². The van der Waals surface area contributed by atoms with Crippen LogP contribution in [0.5, 0.6) is 0 Å². The summed E-state index contributed by atoms with van der Waals surface area (Å²) in [6.45, 7) is 6.33. The van der Waals surface area contributed by atoms with Gasteiger partial charge in [0.15, 0.2) is 0 Å². The number of aromatic carboxylic acids is 1. The molecule has 20 heavy (non-hydrogen) atoms. The molecule has 0 unspecified atom stereocenters. The van der Waals surface area contributed by atoms with Crippen LogP contribution in [0.4, 0.5) is 0 Å². The minimum Gasteiger partial charge on any atom is -0.477 e. The highest BCUT2D eigenvalue weighted by Crippen LogP contribution is 2.17. The average molecular weight is 291 g/mol. The Labute approximate surface area is 121 Å². The van der Waals surface area contributed by atoms with Gasteiger partial charge in [0.25, 0.3) is 0 Å². The highest BCUT2D eigenvalue weighted by atomic mass is 32.1. The fraction of sp³-hybridized carbons (Fsp3) is 0.333. The Morgan fingerprint density at radius 2 is 1.90 bits per heavy atom. The van der Waals surface area contributed by atoms with Crippen LogP contribution in [0, 0.1) is 6.92 Å². The van der Waals surface area contributed by atoms with E-state index in [9.17, 15) is 9.59 Å². The molecule has 0 aliphatic rings. The van der Waals surface area contributed by atoms with Gasteiger partial charge in [0.05, 0.1) is 6.54 Å². The van der Waals surface area contributed by atoms with Crippen LogP contribution in [0.25, 0.3) is 0 Å². The third-order valence-corrected chi connectivity index (χ3v) is 4.39. The predicted molar refractivity (Wildman–Crippen MR) is 79.9 cm³/mol. The first kappa shape index (κ1) is 14.5. The van der Waals surface area contributed by atoms with Gasteiger partial charge < -0.3 is 5.11 Å². The zero-order valence-electron chi connectivity index (χ0n) is 11.7. The first-order valence-electron chi connectivity index (χ1n) is 6.42. The average Bonchev–Trinajstić information content (AvgIpc) is 2.67. The SMILES string of the molecule is Cc1c(C(=O)O)sc(=O)n1Cc1ccc(C(C)C)cc1. The lowest BCUT2D eigenvalue weighted by molar-refractivity contribution is 0.0700. The van der Waals surface area contributed by atoms with Crippen molar-refractivity contribution < 1.29 is 9.90 Å². The maximum Gasteiger partial charge on any atom is 0.347 e. The zero-order valence-corrected chi connectivity index (χ0v) is 12.5. The van der Waals surface area contributed by atoms with Gasteiger partial charge in [-0.1, -0.05) is 49.4 Å². The summed E-state index contributed by atoms with van der Waals surface area (Å²) < 4.78 is 1.51. The van der Waals surface area contributed by atoms with Crippen molar-refractivity contribution in [2.24, 2.45) is 0 Å². The summed E-state index contributed by atoms with van der Waals surface area (Å²) in [6.07, 6.45) is 0. The van der Waals surface area contributed by atoms with Crippen LogP contribution >= 0.6 is 11.3 Å².